The molecule has 0 aromatic heterocycles. The fourth-order valence-corrected chi connectivity index (χ4v) is 2.23. The Balaban J connectivity index is 3.42. The first-order valence-corrected chi connectivity index (χ1v) is 7.50. The lowest BCUT2D eigenvalue weighted by Crippen LogP contribution is -2.12. The van der Waals surface area contributed by atoms with Gasteiger partial charge in [-0.2, -0.15) is 0 Å². The van der Waals surface area contributed by atoms with E-state index in [1.807, 2.05) is 19.9 Å². The second-order valence-electron chi connectivity index (χ2n) is 6.15. The lowest BCUT2D eigenvalue weighted by atomic mass is 9.84. The molecule has 0 fully saturated rings. The average Bonchev–Trinajstić information content (AvgIpc) is 2.37. The van der Waals surface area contributed by atoms with Gasteiger partial charge in [-0.05, 0) is 42.0 Å². The number of carboxylic acid groups (broad SMARTS) is 1. The Labute approximate surface area is 127 Å². The maximum absolute atomic E-state index is 11.1. The van der Waals surface area contributed by atoms with Crippen LogP contribution < -0.4 is 4.74 Å². The van der Waals surface area contributed by atoms with Crippen molar-refractivity contribution in [2.24, 2.45) is 0 Å². The summed E-state index contributed by atoms with van der Waals surface area (Å²) in [5, 5.41) is 9.10. The van der Waals surface area contributed by atoms with Gasteiger partial charge in [0.25, 0.3) is 0 Å². The summed E-state index contributed by atoms with van der Waals surface area (Å²) in [4.78, 5) is 11.1. The molecular weight excluding hydrogens is 264 g/mol. The van der Waals surface area contributed by atoms with Crippen molar-refractivity contribution in [3.63, 3.8) is 0 Å². The van der Waals surface area contributed by atoms with E-state index < -0.39 is 5.97 Å². The maximum Gasteiger partial charge on any atom is 0.328 e. The van der Waals surface area contributed by atoms with Crippen LogP contribution in [0.5, 0.6) is 5.75 Å². The van der Waals surface area contributed by atoms with Crippen LogP contribution in [0.3, 0.4) is 0 Å². The van der Waals surface area contributed by atoms with Gasteiger partial charge in [0.15, 0.2) is 0 Å². The van der Waals surface area contributed by atoms with E-state index in [1.165, 1.54) is 11.6 Å². The summed E-state index contributed by atoms with van der Waals surface area (Å²) in [6.07, 6.45) is 2.91. The van der Waals surface area contributed by atoms with E-state index in [9.17, 15) is 4.79 Å². The smallest absolute Gasteiger partial charge is 0.328 e. The number of carbonyl (C=O) groups is 1. The zero-order valence-electron chi connectivity index (χ0n) is 13.7. The number of hydrogen-bond donors (Lipinski definition) is 1. The predicted molar refractivity (Wildman–Crippen MR) is 86.8 cm³/mol. The molecule has 0 saturated carbocycles. The van der Waals surface area contributed by atoms with Gasteiger partial charge in [0, 0.05) is 11.6 Å². The van der Waals surface area contributed by atoms with E-state index in [0.717, 1.165) is 29.7 Å². The molecule has 0 radical (unpaired) electrons. The molecule has 1 rings (SSSR count). The molecule has 0 unspecified atom stereocenters. The Morgan fingerprint density at radius 1 is 1.29 bits per heavy atom. The fraction of sp³-hybridized carbons (Fsp3) is 0.500. The number of hydrogen-bond acceptors (Lipinski definition) is 2. The first-order chi connectivity index (χ1) is 9.79. The topological polar surface area (TPSA) is 46.5 Å². The summed E-state index contributed by atoms with van der Waals surface area (Å²) in [6, 6.07) is 6.07. The number of carboxylic acids is 1. The van der Waals surface area contributed by atoms with E-state index in [0.29, 0.717) is 6.61 Å². The largest absolute Gasteiger partial charge is 0.493 e. The summed E-state index contributed by atoms with van der Waals surface area (Å²) >= 11 is 0. The first-order valence-electron chi connectivity index (χ1n) is 7.50. The molecule has 1 aromatic carbocycles. The van der Waals surface area contributed by atoms with Gasteiger partial charge < -0.3 is 9.84 Å². The van der Waals surface area contributed by atoms with Crippen LogP contribution in [0.2, 0.25) is 0 Å². The van der Waals surface area contributed by atoms with Gasteiger partial charge in [-0.25, -0.2) is 4.79 Å². The summed E-state index contributed by atoms with van der Waals surface area (Å²) in [5.41, 5.74) is 2.90. The normalized spacial score (nSPS) is 12.3. The molecule has 21 heavy (non-hydrogen) atoms. The van der Waals surface area contributed by atoms with Crippen molar-refractivity contribution in [3.05, 3.63) is 35.4 Å². The zero-order valence-corrected chi connectivity index (χ0v) is 13.7. The SMILES string of the molecule is CCC/C(=C\C(=O)O)c1cc(C(C)(C)C)ccc1OCC. The minimum absolute atomic E-state index is 0.0139. The van der Waals surface area contributed by atoms with Crippen LogP contribution in [-0.4, -0.2) is 17.7 Å². The van der Waals surface area contributed by atoms with Crippen LogP contribution >= 0.6 is 0 Å². The summed E-state index contributed by atoms with van der Waals surface area (Å²) < 4.78 is 5.68. The summed E-state index contributed by atoms with van der Waals surface area (Å²) in [6.45, 7) is 11.0. The standard InChI is InChI=1S/C18H26O3/c1-6-8-13(11-17(19)20)15-12-14(18(3,4)5)9-10-16(15)21-7-2/h9-12H,6-8H2,1-5H3,(H,19,20)/b13-11+. The van der Waals surface area contributed by atoms with Gasteiger partial charge in [0.1, 0.15) is 5.75 Å². The molecule has 0 aliphatic carbocycles. The lowest BCUT2D eigenvalue weighted by molar-refractivity contribution is -0.131. The Morgan fingerprint density at radius 3 is 2.43 bits per heavy atom. The number of ether oxygens (including phenoxy) is 1. The van der Waals surface area contributed by atoms with Gasteiger partial charge in [0.05, 0.1) is 6.61 Å². The molecule has 0 spiro atoms. The van der Waals surface area contributed by atoms with Crippen LogP contribution in [0.15, 0.2) is 24.3 Å². The minimum atomic E-state index is -0.915. The predicted octanol–water partition coefficient (Wildman–Crippen LogP) is 4.65. The third-order valence-electron chi connectivity index (χ3n) is 3.31. The molecule has 0 bridgehead atoms. The molecule has 0 heterocycles. The molecule has 3 nitrogen and oxygen atoms in total. The van der Waals surface area contributed by atoms with Crippen molar-refractivity contribution in [3.8, 4) is 5.75 Å². The van der Waals surface area contributed by atoms with Crippen molar-refractivity contribution < 1.29 is 14.6 Å². The van der Waals surface area contributed by atoms with Crippen LogP contribution in [-0.2, 0) is 10.2 Å². The van der Waals surface area contributed by atoms with E-state index in [4.69, 9.17) is 9.84 Å². The van der Waals surface area contributed by atoms with Crippen molar-refractivity contribution in [1.82, 2.24) is 0 Å². The Bertz CT molecular complexity index is 522. The highest BCUT2D eigenvalue weighted by Gasteiger charge is 2.18. The van der Waals surface area contributed by atoms with Gasteiger partial charge >= 0.3 is 5.97 Å². The van der Waals surface area contributed by atoms with Crippen molar-refractivity contribution in [1.29, 1.82) is 0 Å². The monoisotopic (exact) mass is 290 g/mol. The van der Waals surface area contributed by atoms with Crippen molar-refractivity contribution in [2.45, 2.75) is 52.9 Å². The zero-order chi connectivity index (χ0) is 16.0. The highest BCUT2D eigenvalue weighted by molar-refractivity contribution is 5.91. The van der Waals surface area contributed by atoms with Crippen LogP contribution in [0, 0.1) is 0 Å². The molecule has 116 valence electrons. The maximum atomic E-state index is 11.1. The number of benzene rings is 1. The quantitative estimate of drug-likeness (QED) is 0.776. The Hall–Kier alpha value is -1.77. The molecule has 0 saturated heterocycles. The molecule has 1 N–H and O–H groups in total. The second kappa shape index (κ2) is 7.30. The van der Waals surface area contributed by atoms with Crippen LogP contribution in [0.4, 0.5) is 0 Å². The van der Waals surface area contributed by atoms with Gasteiger partial charge in [-0.15, -0.1) is 0 Å². The van der Waals surface area contributed by atoms with Gasteiger partial charge in [-0.1, -0.05) is 40.2 Å². The highest BCUT2D eigenvalue weighted by Crippen LogP contribution is 2.34. The molecule has 0 amide bonds. The van der Waals surface area contributed by atoms with Crippen molar-refractivity contribution >= 4 is 11.5 Å². The third kappa shape index (κ3) is 4.92. The Morgan fingerprint density at radius 2 is 1.95 bits per heavy atom. The molecule has 0 atom stereocenters. The Kier molecular flexibility index (Phi) is 6.01. The molecule has 0 aliphatic rings. The molecule has 0 aliphatic heterocycles. The first kappa shape index (κ1) is 17.3. The van der Waals surface area contributed by atoms with E-state index in [1.54, 1.807) is 0 Å². The van der Waals surface area contributed by atoms with E-state index >= 15 is 0 Å². The van der Waals surface area contributed by atoms with Gasteiger partial charge in [-0.3, -0.25) is 0 Å². The van der Waals surface area contributed by atoms with Gasteiger partial charge in [0.2, 0.25) is 0 Å². The van der Waals surface area contributed by atoms with Crippen molar-refractivity contribution in [2.75, 3.05) is 6.61 Å². The van der Waals surface area contributed by atoms with E-state index in [2.05, 4.69) is 32.9 Å². The molecular formula is C18H26O3. The van der Waals surface area contributed by atoms with Crippen LogP contribution in [0.25, 0.3) is 5.57 Å². The highest BCUT2D eigenvalue weighted by atomic mass is 16.5. The number of allylic oxidation sites excluding steroid dienone is 1. The molecule has 1 aromatic rings. The van der Waals surface area contributed by atoms with E-state index in [-0.39, 0.29) is 5.41 Å². The summed E-state index contributed by atoms with van der Waals surface area (Å²) in [7, 11) is 0. The average molecular weight is 290 g/mol. The number of aliphatic carboxylic acids is 1. The summed E-state index contributed by atoms with van der Waals surface area (Å²) in [5.74, 6) is -0.159. The number of rotatable bonds is 6. The lowest BCUT2D eigenvalue weighted by Gasteiger charge is -2.22. The minimum Gasteiger partial charge on any atom is -0.493 e. The molecule has 3 heteroatoms. The third-order valence-corrected chi connectivity index (χ3v) is 3.31. The second-order valence-corrected chi connectivity index (χ2v) is 6.15. The van der Waals surface area contributed by atoms with Crippen LogP contribution in [0.1, 0.15) is 58.6 Å². The fourth-order valence-electron chi connectivity index (χ4n) is 2.23.